The van der Waals surface area contributed by atoms with E-state index in [1.807, 2.05) is 11.3 Å². The first kappa shape index (κ1) is 25.0. The van der Waals surface area contributed by atoms with Crippen molar-refractivity contribution in [2.45, 2.75) is 0 Å². The van der Waals surface area contributed by atoms with Crippen molar-refractivity contribution in [3.8, 4) is 38.8 Å². The second-order valence-corrected chi connectivity index (χ2v) is 12.1. The van der Waals surface area contributed by atoms with Gasteiger partial charge in [-0.2, -0.15) is 0 Å². The van der Waals surface area contributed by atoms with Crippen LogP contribution in [0.5, 0.6) is 0 Å². The summed E-state index contributed by atoms with van der Waals surface area (Å²) < 4.78 is 3.43. The van der Waals surface area contributed by atoms with Gasteiger partial charge in [-0.15, -0.1) is 11.3 Å². The minimum absolute atomic E-state index is 0.675. The Hall–Kier alpha value is -5.58. The molecule has 0 fully saturated rings. The van der Waals surface area contributed by atoms with Gasteiger partial charge in [0.15, 0.2) is 0 Å². The van der Waals surface area contributed by atoms with Crippen LogP contribution in [0, 0.1) is 0 Å². The van der Waals surface area contributed by atoms with Gasteiger partial charge in [-0.3, -0.25) is 4.57 Å². The number of fused-ring (bicyclic) bond motifs is 6. The van der Waals surface area contributed by atoms with Crippen molar-refractivity contribution >= 4 is 54.1 Å². The van der Waals surface area contributed by atoms with Gasteiger partial charge in [0.2, 0.25) is 5.95 Å². The molecule has 0 N–H and O–H groups in total. The molecule has 3 aromatic heterocycles. The largest absolute Gasteiger partial charge is 0.278 e. The van der Waals surface area contributed by atoms with Gasteiger partial charge in [0.25, 0.3) is 0 Å². The number of para-hydroxylation sites is 1. The van der Waals surface area contributed by atoms with Crippen LogP contribution in [0.4, 0.5) is 0 Å². The summed E-state index contributed by atoms with van der Waals surface area (Å²) in [7, 11) is 0. The Bertz CT molecular complexity index is 2480. The van der Waals surface area contributed by atoms with E-state index in [-0.39, 0.29) is 0 Å². The molecule has 3 heterocycles. The lowest BCUT2D eigenvalue weighted by molar-refractivity contribution is 1.01. The van der Waals surface area contributed by atoms with E-state index in [1.54, 1.807) is 0 Å². The van der Waals surface area contributed by atoms with Crippen molar-refractivity contribution in [1.82, 2.24) is 14.5 Å². The molecule has 0 spiro atoms. The lowest BCUT2D eigenvalue weighted by Gasteiger charge is -2.12. The summed E-state index contributed by atoms with van der Waals surface area (Å²) in [6, 6.07) is 53.6. The third-order valence-corrected chi connectivity index (χ3v) is 9.64. The average molecular weight is 580 g/mol. The second-order valence-electron chi connectivity index (χ2n) is 11.0. The Morgan fingerprint density at radius 3 is 1.91 bits per heavy atom. The molecule has 9 rings (SSSR count). The Labute approximate surface area is 258 Å². The average Bonchev–Trinajstić information content (AvgIpc) is 3.68. The molecule has 0 saturated heterocycles. The molecule has 9 aromatic rings. The maximum absolute atomic E-state index is 5.39. The van der Waals surface area contributed by atoms with Gasteiger partial charge in [0.05, 0.1) is 22.2 Å². The van der Waals surface area contributed by atoms with Crippen molar-refractivity contribution < 1.29 is 0 Å². The number of hydrogen-bond acceptors (Lipinski definition) is 3. The van der Waals surface area contributed by atoms with Crippen LogP contribution in [0.15, 0.2) is 152 Å². The highest BCUT2D eigenvalue weighted by molar-refractivity contribution is 7.23. The maximum atomic E-state index is 5.39. The van der Waals surface area contributed by atoms with Crippen molar-refractivity contribution in [2.24, 2.45) is 0 Å². The summed E-state index contributed by atoms with van der Waals surface area (Å²) in [6.07, 6.45) is 0. The molecule has 206 valence electrons. The fourth-order valence-corrected chi connectivity index (χ4v) is 7.56. The molecule has 0 aliphatic rings. The monoisotopic (exact) mass is 579 g/mol. The highest BCUT2D eigenvalue weighted by atomic mass is 32.1. The van der Waals surface area contributed by atoms with Crippen LogP contribution in [-0.2, 0) is 0 Å². The van der Waals surface area contributed by atoms with E-state index in [0.29, 0.717) is 5.95 Å². The fraction of sp³-hybridized carbons (Fsp3) is 0. The van der Waals surface area contributed by atoms with E-state index in [9.17, 15) is 0 Å². The fourth-order valence-electron chi connectivity index (χ4n) is 6.35. The van der Waals surface area contributed by atoms with Crippen molar-refractivity contribution in [3.63, 3.8) is 0 Å². The summed E-state index contributed by atoms with van der Waals surface area (Å²) >= 11 is 1.81. The number of benzene rings is 6. The molecule has 0 bridgehead atoms. The summed E-state index contributed by atoms with van der Waals surface area (Å²) in [5, 5.41) is 4.68. The normalized spacial score (nSPS) is 11.6. The zero-order chi connectivity index (χ0) is 29.0. The molecule has 0 aliphatic heterocycles. The van der Waals surface area contributed by atoms with Gasteiger partial charge in [0.1, 0.15) is 0 Å². The molecule has 0 radical (unpaired) electrons. The van der Waals surface area contributed by atoms with Gasteiger partial charge in [-0.05, 0) is 52.4 Å². The van der Waals surface area contributed by atoms with Crippen LogP contribution >= 0.6 is 11.3 Å². The topological polar surface area (TPSA) is 30.7 Å². The number of aromatic nitrogens is 3. The van der Waals surface area contributed by atoms with Crippen LogP contribution in [0.2, 0.25) is 0 Å². The van der Waals surface area contributed by atoms with Gasteiger partial charge < -0.3 is 0 Å². The second kappa shape index (κ2) is 10.0. The standard InChI is InChI=1S/C40H25N3S/c1-4-12-26(13-5-1)29-21-23-35-32(24-29)31-18-10-11-19-34(31)43(35)40-41-33-22-20-30-25-36(27-14-6-2-7-15-27)44-39(30)37(33)38(42-40)28-16-8-3-9-17-28/h1-25H. The van der Waals surface area contributed by atoms with E-state index >= 15 is 0 Å². The molecule has 3 nitrogen and oxygen atoms in total. The number of nitrogens with zero attached hydrogens (tertiary/aromatic N) is 3. The van der Waals surface area contributed by atoms with Crippen LogP contribution < -0.4 is 0 Å². The lowest BCUT2D eigenvalue weighted by atomic mass is 10.0. The van der Waals surface area contributed by atoms with Gasteiger partial charge in [0, 0.05) is 31.3 Å². The van der Waals surface area contributed by atoms with Crippen LogP contribution in [0.1, 0.15) is 0 Å². The predicted molar refractivity (Wildman–Crippen MR) is 186 cm³/mol. The molecule has 44 heavy (non-hydrogen) atoms. The van der Waals surface area contributed by atoms with E-state index in [2.05, 4.69) is 156 Å². The third kappa shape index (κ3) is 3.96. The zero-order valence-corrected chi connectivity index (χ0v) is 24.5. The SMILES string of the molecule is c1ccc(-c2ccc3c(c2)c2ccccc2n3-c2nc(-c3ccccc3)c3c(ccc4cc(-c5ccccc5)sc43)n2)cc1. The van der Waals surface area contributed by atoms with E-state index in [1.165, 1.54) is 42.4 Å². The van der Waals surface area contributed by atoms with E-state index < -0.39 is 0 Å². The quantitative estimate of drug-likeness (QED) is 0.208. The lowest BCUT2D eigenvalue weighted by Crippen LogP contribution is -2.03. The first-order valence-corrected chi connectivity index (χ1v) is 15.6. The highest BCUT2D eigenvalue weighted by Crippen LogP contribution is 2.42. The predicted octanol–water partition coefficient (Wildman–Crippen LogP) is 10.9. The van der Waals surface area contributed by atoms with Crippen LogP contribution in [-0.4, -0.2) is 14.5 Å². The Balaban J connectivity index is 1.33. The molecule has 0 unspecified atom stereocenters. The van der Waals surface area contributed by atoms with Crippen molar-refractivity contribution in [1.29, 1.82) is 0 Å². The Morgan fingerprint density at radius 2 is 1.14 bits per heavy atom. The molecule has 0 atom stereocenters. The summed E-state index contributed by atoms with van der Waals surface area (Å²) in [6.45, 7) is 0. The van der Waals surface area contributed by atoms with Gasteiger partial charge >= 0.3 is 0 Å². The molecular weight excluding hydrogens is 555 g/mol. The summed E-state index contributed by atoms with van der Waals surface area (Å²) in [5.74, 6) is 0.675. The van der Waals surface area contributed by atoms with Gasteiger partial charge in [-0.1, -0.05) is 121 Å². The van der Waals surface area contributed by atoms with Crippen LogP contribution in [0.3, 0.4) is 0 Å². The highest BCUT2D eigenvalue weighted by Gasteiger charge is 2.20. The molecule has 0 amide bonds. The first-order valence-electron chi connectivity index (χ1n) is 14.8. The first-order chi connectivity index (χ1) is 21.8. The number of thiophene rings is 1. The van der Waals surface area contributed by atoms with Crippen molar-refractivity contribution in [3.05, 3.63) is 152 Å². The third-order valence-electron chi connectivity index (χ3n) is 8.42. The minimum atomic E-state index is 0.675. The Kier molecular flexibility index (Phi) is 5.68. The zero-order valence-electron chi connectivity index (χ0n) is 23.7. The van der Waals surface area contributed by atoms with Crippen LogP contribution in [0.25, 0.3) is 81.6 Å². The maximum Gasteiger partial charge on any atom is 0.235 e. The summed E-state index contributed by atoms with van der Waals surface area (Å²) in [5.41, 5.74) is 8.77. The van der Waals surface area contributed by atoms with Gasteiger partial charge in [-0.25, -0.2) is 9.97 Å². The van der Waals surface area contributed by atoms with E-state index in [4.69, 9.17) is 9.97 Å². The van der Waals surface area contributed by atoms with Crippen molar-refractivity contribution in [2.75, 3.05) is 0 Å². The molecule has 4 heteroatoms. The minimum Gasteiger partial charge on any atom is -0.278 e. The van der Waals surface area contributed by atoms with E-state index in [0.717, 1.165) is 33.2 Å². The summed E-state index contributed by atoms with van der Waals surface area (Å²) in [4.78, 5) is 11.9. The molecule has 0 saturated carbocycles. The Morgan fingerprint density at radius 1 is 0.477 bits per heavy atom. The smallest absolute Gasteiger partial charge is 0.235 e. The molecular formula is C40H25N3S. The molecule has 6 aromatic carbocycles. The number of rotatable bonds is 4. The molecule has 0 aliphatic carbocycles. The number of hydrogen-bond donors (Lipinski definition) is 0.